The fraction of sp³-hybridized carbons (Fsp3) is 0.429. The SMILES string of the molecule is CC(C)C(NC(=O)CN(C)S(=O)(=O)c1ccccc1)C(=O)O. The molecule has 1 amide bonds. The molecule has 8 heteroatoms. The molecule has 2 N–H and O–H groups in total. The number of sulfonamides is 1. The molecule has 1 rings (SSSR count). The van der Waals surface area contributed by atoms with Gasteiger partial charge in [0.1, 0.15) is 6.04 Å². The van der Waals surface area contributed by atoms with Crippen LogP contribution in [0.25, 0.3) is 0 Å². The summed E-state index contributed by atoms with van der Waals surface area (Å²) in [6, 6.07) is 6.65. The van der Waals surface area contributed by atoms with Crippen molar-refractivity contribution in [2.75, 3.05) is 13.6 Å². The molecule has 0 saturated carbocycles. The monoisotopic (exact) mass is 328 g/mol. The predicted octanol–water partition coefficient (Wildman–Crippen LogP) is 0.532. The number of rotatable bonds is 7. The van der Waals surface area contributed by atoms with Gasteiger partial charge in [0.25, 0.3) is 0 Å². The molecular weight excluding hydrogens is 308 g/mol. The standard InChI is InChI=1S/C14H20N2O5S/c1-10(2)13(14(18)19)15-12(17)9-16(3)22(20,21)11-7-5-4-6-8-11/h4-8,10,13H,9H2,1-3H3,(H,15,17)(H,18,19). The Bertz CT molecular complexity index is 628. The van der Waals surface area contributed by atoms with E-state index < -0.39 is 34.5 Å². The van der Waals surface area contributed by atoms with Gasteiger partial charge in [-0.05, 0) is 18.1 Å². The lowest BCUT2D eigenvalue weighted by Gasteiger charge is -2.21. The Kier molecular flexibility index (Phi) is 6.07. The van der Waals surface area contributed by atoms with E-state index in [0.717, 1.165) is 4.31 Å². The van der Waals surface area contributed by atoms with Crippen molar-refractivity contribution in [3.63, 3.8) is 0 Å². The Morgan fingerprint density at radius 2 is 1.77 bits per heavy atom. The summed E-state index contributed by atoms with van der Waals surface area (Å²) in [7, 11) is -2.51. The molecule has 0 saturated heterocycles. The highest BCUT2D eigenvalue weighted by molar-refractivity contribution is 7.89. The van der Waals surface area contributed by atoms with Gasteiger partial charge in [0.15, 0.2) is 0 Å². The van der Waals surface area contributed by atoms with Crippen LogP contribution in [0.3, 0.4) is 0 Å². The van der Waals surface area contributed by atoms with Crippen molar-refractivity contribution >= 4 is 21.9 Å². The number of carboxylic acid groups (broad SMARTS) is 1. The van der Waals surface area contributed by atoms with Gasteiger partial charge in [-0.2, -0.15) is 4.31 Å². The van der Waals surface area contributed by atoms with Crippen LogP contribution >= 0.6 is 0 Å². The second-order valence-electron chi connectivity index (χ2n) is 5.20. The summed E-state index contributed by atoms with van der Waals surface area (Å²) in [5.41, 5.74) is 0. The minimum atomic E-state index is -3.79. The van der Waals surface area contributed by atoms with Crippen LogP contribution in [0.15, 0.2) is 35.2 Å². The Morgan fingerprint density at radius 3 is 2.23 bits per heavy atom. The minimum absolute atomic E-state index is 0.0731. The quantitative estimate of drug-likeness (QED) is 0.760. The number of carbonyl (C=O) groups excluding carboxylic acids is 1. The minimum Gasteiger partial charge on any atom is -0.480 e. The predicted molar refractivity (Wildman–Crippen MR) is 80.7 cm³/mol. The van der Waals surface area contributed by atoms with E-state index in [1.165, 1.54) is 19.2 Å². The number of hydrogen-bond donors (Lipinski definition) is 2. The van der Waals surface area contributed by atoms with Crippen LogP contribution < -0.4 is 5.32 Å². The topological polar surface area (TPSA) is 104 Å². The second-order valence-corrected chi connectivity index (χ2v) is 7.25. The van der Waals surface area contributed by atoms with E-state index in [0.29, 0.717) is 0 Å². The Morgan fingerprint density at radius 1 is 1.23 bits per heavy atom. The average molecular weight is 328 g/mol. The van der Waals surface area contributed by atoms with Gasteiger partial charge in [-0.1, -0.05) is 32.0 Å². The average Bonchev–Trinajstić information content (AvgIpc) is 2.44. The largest absolute Gasteiger partial charge is 0.480 e. The van der Waals surface area contributed by atoms with Crippen LogP contribution in [0, 0.1) is 5.92 Å². The van der Waals surface area contributed by atoms with Crippen molar-refractivity contribution < 1.29 is 23.1 Å². The molecule has 1 unspecified atom stereocenters. The van der Waals surface area contributed by atoms with Gasteiger partial charge >= 0.3 is 5.97 Å². The van der Waals surface area contributed by atoms with Gasteiger partial charge in [-0.15, -0.1) is 0 Å². The highest BCUT2D eigenvalue weighted by atomic mass is 32.2. The van der Waals surface area contributed by atoms with Crippen LogP contribution in [-0.2, 0) is 19.6 Å². The molecule has 1 aromatic carbocycles. The van der Waals surface area contributed by atoms with Crippen molar-refractivity contribution in [2.24, 2.45) is 5.92 Å². The van der Waals surface area contributed by atoms with Crippen LogP contribution in [0.5, 0.6) is 0 Å². The summed E-state index contributed by atoms with van der Waals surface area (Å²) in [5, 5.41) is 11.3. The number of nitrogens with one attached hydrogen (secondary N) is 1. The summed E-state index contributed by atoms with van der Waals surface area (Å²) >= 11 is 0. The van der Waals surface area contributed by atoms with Gasteiger partial charge in [0.2, 0.25) is 15.9 Å². The van der Waals surface area contributed by atoms with E-state index in [9.17, 15) is 18.0 Å². The fourth-order valence-corrected chi connectivity index (χ4v) is 2.94. The van der Waals surface area contributed by atoms with Crippen molar-refractivity contribution in [2.45, 2.75) is 24.8 Å². The molecule has 22 heavy (non-hydrogen) atoms. The molecule has 122 valence electrons. The van der Waals surface area contributed by atoms with E-state index in [2.05, 4.69) is 5.32 Å². The summed E-state index contributed by atoms with van der Waals surface area (Å²) < 4.78 is 25.4. The fourth-order valence-electron chi connectivity index (χ4n) is 1.79. The Labute approximate surface area is 130 Å². The zero-order valence-corrected chi connectivity index (χ0v) is 13.5. The highest BCUT2D eigenvalue weighted by Crippen LogP contribution is 2.13. The number of carbonyl (C=O) groups is 2. The van der Waals surface area contributed by atoms with Crippen molar-refractivity contribution in [3.8, 4) is 0 Å². The zero-order chi connectivity index (χ0) is 16.9. The van der Waals surface area contributed by atoms with Gasteiger partial charge in [-0.25, -0.2) is 13.2 Å². The molecule has 0 fully saturated rings. The number of hydrogen-bond acceptors (Lipinski definition) is 4. The van der Waals surface area contributed by atoms with E-state index in [1.807, 2.05) is 0 Å². The first-order valence-electron chi connectivity index (χ1n) is 6.69. The van der Waals surface area contributed by atoms with Crippen molar-refractivity contribution in [1.29, 1.82) is 0 Å². The maximum Gasteiger partial charge on any atom is 0.326 e. The Balaban J connectivity index is 2.78. The molecule has 7 nitrogen and oxygen atoms in total. The molecule has 0 aromatic heterocycles. The third-order valence-corrected chi connectivity index (χ3v) is 4.88. The van der Waals surface area contributed by atoms with Gasteiger partial charge in [0, 0.05) is 7.05 Å². The molecule has 1 atom stereocenters. The normalized spacial score (nSPS) is 13.1. The molecule has 0 aliphatic carbocycles. The molecule has 0 aliphatic heterocycles. The van der Waals surface area contributed by atoms with Crippen LogP contribution in [-0.4, -0.2) is 49.3 Å². The molecule has 0 bridgehead atoms. The van der Waals surface area contributed by atoms with E-state index in [1.54, 1.807) is 32.0 Å². The van der Waals surface area contributed by atoms with E-state index in [-0.39, 0.29) is 10.8 Å². The maximum atomic E-state index is 12.3. The summed E-state index contributed by atoms with van der Waals surface area (Å²) in [5.74, 6) is -2.13. The molecule has 1 aromatic rings. The van der Waals surface area contributed by atoms with Gasteiger partial charge < -0.3 is 10.4 Å². The summed E-state index contributed by atoms with van der Waals surface area (Å²) in [4.78, 5) is 23.0. The number of carboxylic acids is 1. The van der Waals surface area contributed by atoms with Crippen LogP contribution in [0.1, 0.15) is 13.8 Å². The maximum absolute atomic E-state index is 12.3. The zero-order valence-electron chi connectivity index (χ0n) is 12.7. The number of amides is 1. The number of aliphatic carboxylic acids is 1. The lowest BCUT2D eigenvalue weighted by atomic mass is 10.1. The smallest absolute Gasteiger partial charge is 0.326 e. The first kappa shape index (κ1) is 18.1. The van der Waals surface area contributed by atoms with Gasteiger partial charge in [-0.3, -0.25) is 4.79 Å². The summed E-state index contributed by atoms with van der Waals surface area (Å²) in [6.45, 7) is 2.86. The van der Waals surface area contributed by atoms with Crippen LogP contribution in [0.4, 0.5) is 0 Å². The van der Waals surface area contributed by atoms with Gasteiger partial charge in [0.05, 0.1) is 11.4 Å². The summed E-state index contributed by atoms with van der Waals surface area (Å²) in [6.07, 6.45) is 0. The molecule has 0 spiro atoms. The van der Waals surface area contributed by atoms with Crippen LogP contribution in [0.2, 0.25) is 0 Å². The third kappa shape index (κ3) is 4.54. The third-order valence-electron chi connectivity index (χ3n) is 3.07. The first-order valence-corrected chi connectivity index (χ1v) is 8.14. The molecule has 0 heterocycles. The molecule has 0 aliphatic rings. The molecule has 0 radical (unpaired) electrons. The first-order chi connectivity index (χ1) is 10.2. The van der Waals surface area contributed by atoms with E-state index in [4.69, 9.17) is 5.11 Å². The lowest BCUT2D eigenvalue weighted by Crippen LogP contribution is -2.48. The second kappa shape index (κ2) is 7.37. The number of nitrogens with zero attached hydrogens (tertiary/aromatic N) is 1. The van der Waals surface area contributed by atoms with Crippen molar-refractivity contribution in [3.05, 3.63) is 30.3 Å². The lowest BCUT2D eigenvalue weighted by molar-refractivity contribution is -0.143. The number of likely N-dealkylation sites (N-methyl/N-ethyl adjacent to an activating group) is 1. The Hall–Kier alpha value is -1.93. The van der Waals surface area contributed by atoms with E-state index >= 15 is 0 Å². The highest BCUT2D eigenvalue weighted by Gasteiger charge is 2.27. The number of benzene rings is 1. The van der Waals surface area contributed by atoms with Crippen molar-refractivity contribution in [1.82, 2.24) is 9.62 Å². The molecular formula is C14H20N2O5S.